The maximum absolute atomic E-state index is 13.2. The van der Waals surface area contributed by atoms with Gasteiger partial charge in [-0.1, -0.05) is 12.8 Å². The topological polar surface area (TPSA) is 94.2 Å². The Morgan fingerprint density at radius 1 is 1.32 bits per heavy atom. The van der Waals surface area contributed by atoms with Gasteiger partial charge in [0, 0.05) is 31.6 Å². The highest BCUT2D eigenvalue weighted by Crippen LogP contribution is 2.36. The lowest BCUT2D eigenvalue weighted by Gasteiger charge is -2.33. The molecule has 1 aromatic heterocycles. The van der Waals surface area contributed by atoms with Gasteiger partial charge >= 0.3 is 6.18 Å². The highest BCUT2D eigenvalue weighted by Gasteiger charge is 2.45. The first kappa shape index (κ1) is 21.1. The Balaban J connectivity index is 1.54. The van der Waals surface area contributed by atoms with Crippen molar-refractivity contribution >= 4 is 11.6 Å². The molecule has 4 unspecified atom stereocenters. The monoisotopic (exact) mass is 403 g/mol. The number of carbonyl (C=O) groups is 1. The zero-order valence-corrected chi connectivity index (χ0v) is 15.8. The summed E-state index contributed by atoms with van der Waals surface area (Å²) in [6.45, 7) is 0.822. The number of nitrogens with zero attached hydrogens (tertiary/aromatic N) is 2. The fourth-order valence-corrected chi connectivity index (χ4v) is 4.35. The van der Waals surface area contributed by atoms with E-state index < -0.39 is 18.0 Å². The number of hydrogen-bond acceptors (Lipinski definition) is 5. The molecule has 1 aromatic rings. The molecular formula is C18H28F3N5O2. The van der Waals surface area contributed by atoms with E-state index in [1.54, 1.807) is 6.20 Å². The maximum atomic E-state index is 13.2. The van der Waals surface area contributed by atoms with Gasteiger partial charge in [0.05, 0.1) is 23.9 Å². The summed E-state index contributed by atoms with van der Waals surface area (Å²) in [5, 5.41) is 9.91. The molecule has 7 nitrogen and oxygen atoms in total. The van der Waals surface area contributed by atoms with Crippen molar-refractivity contribution in [2.24, 2.45) is 23.7 Å². The maximum Gasteiger partial charge on any atom is 0.392 e. The highest BCUT2D eigenvalue weighted by atomic mass is 19.4. The molecule has 1 saturated carbocycles. The second kappa shape index (κ2) is 9.23. The summed E-state index contributed by atoms with van der Waals surface area (Å²) in [5.41, 5.74) is 0.485. The van der Waals surface area contributed by atoms with E-state index in [0.717, 1.165) is 25.7 Å². The quantitative estimate of drug-likeness (QED) is 0.635. The fourth-order valence-electron chi connectivity index (χ4n) is 4.35. The zero-order chi connectivity index (χ0) is 20.1. The van der Waals surface area contributed by atoms with E-state index in [9.17, 15) is 18.0 Å². The summed E-state index contributed by atoms with van der Waals surface area (Å²) in [6.07, 6.45) is 2.93. The molecule has 1 saturated heterocycles. The van der Waals surface area contributed by atoms with Crippen LogP contribution in [0.3, 0.4) is 0 Å². The molecule has 2 heterocycles. The van der Waals surface area contributed by atoms with Crippen molar-refractivity contribution in [2.75, 3.05) is 18.4 Å². The van der Waals surface area contributed by atoms with Gasteiger partial charge in [-0.15, -0.1) is 0 Å². The van der Waals surface area contributed by atoms with Crippen LogP contribution in [0.4, 0.5) is 18.9 Å². The molecule has 0 aromatic carbocycles. The number of nitrogens with one attached hydrogen (secondary N) is 2. The normalized spacial score (nSPS) is 28.9. The molecule has 0 radical (unpaired) electrons. The smallest absolute Gasteiger partial charge is 0.323 e. The SMILES string of the molecule is NOC1CCCCC1CC(=O)Nc1cnn(CC2CNCCC2C(F)(F)F)c1. The van der Waals surface area contributed by atoms with Crippen LogP contribution < -0.4 is 16.5 Å². The van der Waals surface area contributed by atoms with Crippen molar-refractivity contribution in [1.82, 2.24) is 15.1 Å². The van der Waals surface area contributed by atoms with Crippen molar-refractivity contribution in [1.29, 1.82) is 0 Å². The summed E-state index contributed by atoms with van der Waals surface area (Å²) in [4.78, 5) is 17.3. The Morgan fingerprint density at radius 3 is 2.86 bits per heavy atom. The van der Waals surface area contributed by atoms with Crippen LogP contribution in [0.5, 0.6) is 0 Å². The van der Waals surface area contributed by atoms with Crippen LogP contribution in [0.2, 0.25) is 0 Å². The number of aromatic nitrogens is 2. The van der Waals surface area contributed by atoms with Gasteiger partial charge in [-0.25, -0.2) is 5.90 Å². The first-order chi connectivity index (χ1) is 13.4. The second-order valence-electron chi connectivity index (χ2n) is 7.82. The van der Waals surface area contributed by atoms with Gasteiger partial charge in [0.15, 0.2) is 0 Å². The van der Waals surface area contributed by atoms with Gasteiger partial charge in [-0.2, -0.15) is 18.3 Å². The zero-order valence-electron chi connectivity index (χ0n) is 15.8. The average molecular weight is 403 g/mol. The molecule has 158 valence electrons. The van der Waals surface area contributed by atoms with E-state index in [1.807, 2.05) is 0 Å². The first-order valence-corrected chi connectivity index (χ1v) is 9.82. The predicted octanol–water partition coefficient (Wildman–Crippen LogP) is 2.45. The third-order valence-electron chi connectivity index (χ3n) is 5.83. The standard InChI is InChI=1S/C18H28F3N5O2/c19-18(20,21)15-5-6-23-8-13(15)10-26-11-14(9-24-26)25-17(27)7-12-3-1-2-4-16(12)28-22/h9,11-13,15-16,23H,1-8,10,22H2,(H,25,27). The van der Waals surface area contributed by atoms with Gasteiger partial charge in [0.1, 0.15) is 0 Å². The minimum atomic E-state index is -4.21. The molecule has 3 rings (SSSR count). The molecule has 28 heavy (non-hydrogen) atoms. The summed E-state index contributed by atoms with van der Waals surface area (Å²) in [5.74, 6) is 3.32. The molecule has 1 amide bonds. The van der Waals surface area contributed by atoms with Crippen molar-refractivity contribution in [3.63, 3.8) is 0 Å². The molecule has 0 spiro atoms. The molecule has 4 N–H and O–H groups in total. The third-order valence-corrected chi connectivity index (χ3v) is 5.83. The van der Waals surface area contributed by atoms with Crippen molar-refractivity contribution < 1.29 is 22.8 Å². The number of rotatable bonds is 6. The highest BCUT2D eigenvalue weighted by molar-refractivity contribution is 5.90. The Hall–Kier alpha value is -1.65. The molecule has 0 bridgehead atoms. The molecule has 2 aliphatic rings. The number of piperidine rings is 1. The molecule has 4 atom stereocenters. The van der Waals surface area contributed by atoms with Crippen LogP contribution >= 0.6 is 0 Å². The summed E-state index contributed by atoms with van der Waals surface area (Å²) < 4.78 is 41.1. The molecule has 2 fully saturated rings. The lowest BCUT2D eigenvalue weighted by molar-refractivity contribution is -0.195. The van der Waals surface area contributed by atoms with Crippen LogP contribution in [-0.2, 0) is 16.2 Å². The van der Waals surface area contributed by atoms with Crippen LogP contribution in [0.25, 0.3) is 0 Å². The Labute approximate surface area is 162 Å². The number of hydrogen-bond donors (Lipinski definition) is 3. The summed E-state index contributed by atoms with van der Waals surface area (Å²) in [6, 6.07) is 0. The van der Waals surface area contributed by atoms with E-state index in [2.05, 4.69) is 15.7 Å². The first-order valence-electron chi connectivity index (χ1n) is 9.82. The number of alkyl halides is 3. The number of halogens is 3. The Bertz CT molecular complexity index is 651. The molecule has 1 aliphatic heterocycles. The fraction of sp³-hybridized carbons (Fsp3) is 0.778. The van der Waals surface area contributed by atoms with Crippen molar-refractivity contribution in [3.8, 4) is 0 Å². The summed E-state index contributed by atoms with van der Waals surface area (Å²) in [7, 11) is 0. The lowest BCUT2D eigenvalue weighted by atomic mass is 9.84. The number of amides is 1. The van der Waals surface area contributed by atoms with E-state index in [-0.39, 0.29) is 30.9 Å². The average Bonchev–Trinajstić information content (AvgIpc) is 3.08. The number of anilines is 1. The second-order valence-corrected chi connectivity index (χ2v) is 7.82. The number of carbonyl (C=O) groups excluding carboxylic acids is 1. The van der Waals surface area contributed by atoms with E-state index >= 15 is 0 Å². The minimum absolute atomic E-state index is 0.0742. The van der Waals surface area contributed by atoms with Crippen LogP contribution in [0, 0.1) is 17.8 Å². The third kappa shape index (κ3) is 5.45. The van der Waals surface area contributed by atoms with Crippen LogP contribution in [-0.4, -0.2) is 41.1 Å². The number of nitrogens with two attached hydrogens (primary N) is 1. The van der Waals surface area contributed by atoms with Crippen molar-refractivity contribution in [2.45, 2.75) is 57.3 Å². The van der Waals surface area contributed by atoms with E-state index in [1.165, 1.54) is 10.9 Å². The van der Waals surface area contributed by atoms with Gasteiger partial charge < -0.3 is 15.5 Å². The Morgan fingerprint density at radius 2 is 2.11 bits per heavy atom. The van der Waals surface area contributed by atoms with E-state index in [0.29, 0.717) is 25.2 Å². The molecular weight excluding hydrogens is 375 g/mol. The Kier molecular flexibility index (Phi) is 6.95. The lowest BCUT2D eigenvalue weighted by Crippen LogP contribution is -2.45. The largest absolute Gasteiger partial charge is 0.392 e. The minimum Gasteiger partial charge on any atom is -0.323 e. The predicted molar refractivity (Wildman–Crippen MR) is 97.0 cm³/mol. The van der Waals surface area contributed by atoms with E-state index in [4.69, 9.17) is 10.7 Å². The van der Waals surface area contributed by atoms with Gasteiger partial charge in [0.2, 0.25) is 5.91 Å². The molecule has 10 heteroatoms. The van der Waals surface area contributed by atoms with Crippen molar-refractivity contribution in [3.05, 3.63) is 12.4 Å². The van der Waals surface area contributed by atoms with Gasteiger partial charge in [-0.05, 0) is 31.7 Å². The van der Waals surface area contributed by atoms with Crippen LogP contribution in [0.15, 0.2) is 12.4 Å². The van der Waals surface area contributed by atoms with Gasteiger partial charge in [-0.3, -0.25) is 9.48 Å². The molecule has 1 aliphatic carbocycles. The summed E-state index contributed by atoms with van der Waals surface area (Å²) >= 11 is 0. The van der Waals surface area contributed by atoms with Gasteiger partial charge in [0.25, 0.3) is 0 Å². The van der Waals surface area contributed by atoms with Crippen LogP contribution in [0.1, 0.15) is 38.5 Å².